The molecular formula is C14H8N4O4. The van der Waals surface area contributed by atoms with E-state index in [9.17, 15) is 14.9 Å². The van der Waals surface area contributed by atoms with Gasteiger partial charge in [0.05, 0.1) is 18.0 Å². The van der Waals surface area contributed by atoms with Crippen molar-refractivity contribution in [2.75, 3.05) is 0 Å². The van der Waals surface area contributed by atoms with Gasteiger partial charge in [-0.15, -0.1) is 0 Å². The maximum absolute atomic E-state index is 10.7. The molecule has 22 heavy (non-hydrogen) atoms. The molecule has 0 aliphatic rings. The quantitative estimate of drug-likeness (QED) is 0.318. The Labute approximate surface area is 123 Å². The Balaban J connectivity index is 2.11. The van der Waals surface area contributed by atoms with Crippen molar-refractivity contribution in [1.29, 1.82) is 0 Å². The lowest BCUT2D eigenvalue weighted by Gasteiger charge is -1.98. The van der Waals surface area contributed by atoms with Crippen LogP contribution < -0.4 is 0 Å². The number of furan rings is 1. The lowest BCUT2D eigenvalue weighted by atomic mass is 10.3. The molecule has 0 N–H and O–H groups in total. The highest BCUT2D eigenvalue weighted by Gasteiger charge is 2.19. The summed E-state index contributed by atoms with van der Waals surface area (Å²) in [5.41, 5.74) is 1.18. The van der Waals surface area contributed by atoms with E-state index < -0.39 is 10.8 Å². The first kappa shape index (κ1) is 13.5. The second-order valence-corrected chi connectivity index (χ2v) is 4.24. The number of nitrogens with zero attached hydrogens (tertiary/aromatic N) is 4. The van der Waals surface area contributed by atoms with E-state index in [1.807, 2.05) is 30.3 Å². The molecule has 2 heterocycles. The number of carbonyl (C=O) groups excluding carboxylic acids is 1. The summed E-state index contributed by atoms with van der Waals surface area (Å²) in [6.45, 7) is 0. The van der Waals surface area contributed by atoms with Crippen molar-refractivity contribution >= 4 is 17.7 Å². The minimum Gasteiger partial charge on any atom is -0.399 e. The third-order valence-electron chi connectivity index (χ3n) is 2.89. The molecule has 3 rings (SSSR count). The molecule has 0 saturated heterocycles. The Morgan fingerprint density at radius 2 is 2.00 bits per heavy atom. The van der Waals surface area contributed by atoms with Crippen molar-refractivity contribution < 1.29 is 14.1 Å². The van der Waals surface area contributed by atoms with Gasteiger partial charge in [0.1, 0.15) is 10.6 Å². The molecule has 2 aromatic heterocycles. The number of para-hydroxylation sites is 1. The van der Waals surface area contributed by atoms with E-state index in [4.69, 9.17) is 4.42 Å². The molecule has 0 unspecified atom stereocenters. The Morgan fingerprint density at radius 1 is 1.23 bits per heavy atom. The SMILES string of the molecule is O=C=Nc1cn(-c2ccccc2)nc1-c1ccc([N+](=O)[O-])o1. The number of isocyanates is 1. The number of nitro groups is 1. The molecule has 0 aliphatic heterocycles. The van der Waals surface area contributed by atoms with E-state index in [2.05, 4.69) is 10.1 Å². The molecule has 8 heteroatoms. The summed E-state index contributed by atoms with van der Waals surface area (Å²) in [6.07, 6.45) is 2.95. The van der Waals surface area contributed by atoms with Gasteiger partial charge in [0, 0.05) is 0 Å². The van der Waals surface area contributed by atoms with Crippen LogP contribution in [0.5, 0.6) is 0 Å². The molecule has 108 valence electrons. The second-order valence-electron chi connectivity index (χ2n) is 4.24. The van der Waals surface area contributed by atoms with Crippen LogP contribution in [-0.4, -0.2) is 20.8 Å². The van der Waals surface area contributed by atoms with Crippen molar-refractivity contribution in [3.63, 3.8) is 0 Å². The van der Waals surface area contributed by atoms with Gasteiger partial charge < -0.3 is 4.42 Å². The van der Waals surface area contributed by atoms with Gasteiger partial charge in [0.2, 0.25) is 6.08 Å². The first-order chi connectivity index (χ1) is 10.7. The molecule has 3 aromatic rings. The number of hydrogen-bond acceptors (Lipinski definition) is 6. The highest BCUT2D eigenvalue weighted by Crippen LogP contribution is 2.32. The van der Waals surface area contributed by atoms with E-state index in [-0.39, 0.29) is 17.1 Å². The Bertz CT molecular complexity index is 875. The zero-order chi connectivity index (χ0) is 15.5. The number of benzene rings is 1. The highest BCUT2D eigenvalue weighted by atomic mass is 16.6. The molecule has 0 saturated carbocycles. The van der Waals surface area contributed by atoms with Gasteiger partial charge >= 0.3 is 5.88 Å². The van der Waals surface area contributed by atoms with Gasteiger partial charge in [-0.3, -0.25) is 10.1 Å². The maximum Gasteiger partial charge on any atom is 0.433 e. The van der Waals surface area contributed by atoms with E-state index in [0.717, 1.165) is 5.69 Å². The second kappa shape index (κ2) is 5.47. The summed E-state index contributed by atoms with van der Waals surface area (Å²) >= 11 is 0. The predicted octanol–water partition coefficient (Wildman–Crippen LogP) is 3.01. The maximum atomic E-state index is 10.7. The summed E-state index contributed by atoms with van der Waals surface area (Å²) in [5.74, 6) is -0.263. The van der Waals surface area contributed by atoms with Gasteiger partial charge in [-0.05, 0) is 18.2 Å². The smallest absolute Gasteiger partial charge is 0.399 e. The van der Waals surface area contributed by atoms with Gasteiger partial charge in [0.15, 0.2) is 11.5 Å². The van der Waals surface area contributed by atoms with Crippen molar-refractivity contribution in [3.8, 4) is 17.1 Å². The molecule has 0 fully saturated rings. The summed E-state index contributed by atoms with van der Waals surface area (Å²) in [6, 6.07) is 11.8. The average molecular weight is 296 g/mol. The van der Waals surface area contributed by atoms with Crippen LogP contribution in [0.1, 0.15) is 0 Å². The zero-order valence-electron chi connectivity index (χ0n) is 11.0. The first-order valence-electron chi connectivity index (χ1n) is 6.16. The zero-order valence-corrected chi connectivity index (χ0v) is 11.0. The molecule has 1 aromatic carbocycles. The normalized spacial score (nSPS) is 10.2. The minimum absolute atomic E-state index is 0.149. The van der Waals surface area contributed by atoms with Crippen LogP contribution in [0.4, 0.5) is 11.6 Å². The van der Waals surface area contributed by atoms with Crippen molar-refractivity contribution in [2.24, 2.45) is 4.99 Å². The lowest BCUT2D eigenvalue weighted by molar-refractivity contribution is -0.401. The van der Waals surface area contributed by atoms with E-state index in [1.54, 1.807) is 0 Å². The average Bonchev–Trinajstić information content (AvgIpc) is 3.15. The minimum atomic E-state index is -0.652. The monoisotopic (exact) mass is 296 g/mol. The van der Waals surface area contributed by atoms with Crippen LogP contribution in [0, 0.1) is 10.1 Å². The molecule has 0 aliphatic carbocycles. The highest BCUT2D eigenvalue weighted by molar-refractivity contribution is 5.71. The summed E-state index contributed by atoms with van der Waals surface area (Å²) < 4.78 is 6.60. The Hall–Kier alpha value is -3.51. The van der Waals surface area contributed by atoms with E-state index >= 15 is 0 Å². The van der Waals surface area contributed by atoms with Gasteiger partial charge in [-0.25, -0.2) is 9.48 Å². The van der Waals surface area contributed by atoms with Crippen molar-refractivity contribution in [1.82, 2.24) is 9.78 Å². The molecule has 0 radical (unpaired) electrons. The topological polar surface area (TPSA) is 104 Å². The summed E-state index contributed by atoms with van der Waals surface area (Å²) in [5, 5.41) is 15.0. The lowest BCUT2D eigenvalue weighted by Crippen LogP contribution is -1.93. The standard InChI is InChI=1S/C14H8N4O4/c19-9-15-11-8-17(10-4-2-1-3-5-10)16-14(11)12-6-7-13(22-12)18(20)21/h1-8H. The van der Waals surface area contributed by atoms with Crippen LogP contribution in [0.3, 0.4) is 0 Å². The van der Waals surface area contributed by atoms with Gasteiger partial charge in [-0.2, -0.15) is 10.1 Å². The van der Waals surface area contributed by atoms with E-state index in [1.165, 1.54) is 29.1 Å². The van der Waals surface area contributed by atoms with Gasteiger partial charge in [-0.1, -0.05) is 18.2 Å². The number of aliphatic imine (C=N–C) groups is 1. The fourth-order valence-electron chi connectivity index (χ4n) is 1.94. The first-order valence-corrected chi connectivity index (χ1v) is 6.16. The van der Waals surface area contributed by atoms with Crippen LogP contribution in [-0.2, 0) is 4.79 Å². The van der Waals surface area contributed by atoms with Gasteiger partial charge in [0.25, 0.3) is 0 Å². The third-order valence-corrected chi connectivity index (χ3v) is 2.89. The van der Waals surface area contributed by atoms with Crippen LogP contribution in [0.15, 0.2) is 58.1 Å². The van der Waals surface area contributed by atoms with Crippen LogP contribution in [0.25, 0.3) is 17.1 Å². The molecule has 8 nitrogen and oxygen atoms in total. The third kappa shape index (κ3) is 2.41. The predicted molar refractivity (Wildman–Crippen MR) is 75.7 cm³/mol. The fraction of sp³-hybridized carbons (Fsp3) is 0. The van der Waals surface area contributed by atoms with Crippen LogP contribution >= 0.6 is 0 Å². The van der Waals surface area contributed by atoms with Crippen LogP contribution in [0.2, 0.25) is 0 Å². The summed E-state index contributed by atoms with van der Waals surface area (Å²) in [7, 11) is 0. The van der Waals surface area contributed by atoms with Crippen molar-refractivity contribution in [3.05, 3.63) is 58.8 Å². The number of rotatable bonds is 4. The summed E-state index contributed by atoms with van der Waals surface area (Å²) in [4.78, 5) is 24.1. The Morgan fingerprint density at radius 3 is 2.64 bits per heavy atom. The molecule has 0 amide bonds. The largest absolute Gasteiger partial charge is 0.433 e. The number of aromatic nitrogens is 2. The van der Waals surface area contributed by atoms with Crippen molar-refractivity contribution in [2.45, 2.75) is 0 Å². The van der Waals surface area contributed by atoms with E-state index in [0.29, 0.717) is 0 Å². The fourth-order valence-corrected chi connectivity index (χ4v) is 1.94. The number of hydrogen-bond donors (Lipinski definition) is 0. The molecule has 0 spiro atoms. The molecular weight excluding hydrogens is 288 g/mol. The Kier molecular flexibility index (Phi) is 3.35. The molecule has 0 atom stereocenters. The molecule has 0 bridgehead atoms.